The van der Waals surface area contributed by atoms with Gasteiger partial charge < -0.3 is 29.8 Å². The standard InChI is InChI=1S/C23H22Cl2N4O4/c24-15-2-1-3-17(20(15)25)29-22-19-16(5-7-27-23(19)30)28-21(22)14-4-6-26-10-18(14)33-12-13-11-31-8-9-32-13/h1-4,6,10,13,28-29H,5,7-9,11-12H2,(H,27,30). The lowest BCUT2D eigenvalue weighted by Gasteiger charge is -2.23. The van der Waals surface area contributed by atoms with Crippen molar-refractivity contribution >= 4 is 40.5 Å². The summed E-state index contributed by atoms with van der Waals surface area (Å²) in [6.07, 6.45) is 3.85. The normalized spacial score (nSPS) is 17.9. The van der Waals surface area contributed by atoms with Crippen LogP contribution in [0.25, 0.3) is 11.3 Å². The zero-order valence-corrected chi connectivity index (χ0v) is 19.1. The fraction of sp³-hybridized carbons (Fsp3) is 0.304. The second kappa shape index (κ2) is 9.61. The van der Waals surface area contributed by atoms with Crippen molar-refractivity contribution in [1.82, 2.24) is 15.3 Å². The average Bonchev–Trinajstić information content (AvgIpc) is 3.21. The highest BCUT2D eigenvalue weighted by Crippen LogP contribution is 2.42. The van der Waals surface area contributed by atoms with Crippen LogP contribution in [0.4, 0.5) is 11.4 Å². The zero-order valence-electron chi connectivity index (χ0n) is 17.6. The van der Waals surface area contributed by atoms with Crippen LogP contribution in [-0.4, -0.2) is 55.0 Å². The number of nitrogens with one attached hydrogen (secondary N) is 3. The largest absolute Gasteiger partial charge is 0.488 e. The van der Waals surface area contributed by atoms with E-state index in [2.05, 4.69) is 20.6 Å². The molecule has 3 aromatic rings. The van der Waals surface area contributed by atoms with Gasteiger partial charge in [-0.25, -0.2) is 0 Å². The van der Waals surface area contributed by atoms with Gasteiger partial charge in [0, 0.05) is 30.4 Å². The predicted octanol–water partition coefficient (Wildman–Crippen LogP) is 4.21. The SMILES string of the molecule is O=C1NCCc2[nH]c(-c3ccncc3OCC3COCCO3)c(Nc3cccc(Cl)c3Cl)c21. The number of aromatic amines is 1. The van der Waals surface area contributed by atoms with Gasteiger partial charge in [0.05, 0.1) is 58.7 Å². The van der Waals surface area contributed by atoms with E-state index in [1.165, 1.54) is 0 Å². The number of halogens is 2. The Kier molecular flexibility index (Phi) is 6.41. The summed E-state index contributed by atoms with van der Waals surface area (Å²) < 4.78 is 17.2. The number of carbonyl (C=O) groups excluding carboxylic acids is 1. The number of hydrogen-bond acceptors (Lipinski definition) is 6. The van der Waals surface area contributed by atoms with Crippen molar-refractivity contribution < 1.29 is 19.0 Å². The molecule has 1 amide bonds. The summed E-state index contributed by atoms with van der Waals surface area (Å²) in [6.45, 7) is 2.49. The van der Waals surface area contributed by atoms with Gasteiger partial charge in [-0.15, -0.1) is 0 Å². The average molecular weight is 489 g/mol. The number of rotatable bonds is 6. The Balaban J connectivity index is 1.54. The van der Waals surface area contributed by atoms with Gasteiger partial charge in [-0.05, 0) is 18.2 Å². The monoisotopic (exact) mass is 488 g/mol. The summed E-state index contributed by atoms with van der Waals surface area (Å²) in [5.74, 6) is 0.398. The summed E-state index contributed by atoms with van der Waals surface area (Å²) in [5.41, 5.74) is 4.02. The van der Waals surface area contributed by atoms with Crippen LogP contribution >= 0.6 is 23.2 Å². The van der Waals surface area contributed by atoms with Crippen molar-refractivity contribution in [2.24, 2.45) is 0 Å². The van der Waals surface area contributed by atoms with Gasteiger partial charge in [0.2, 0.25) is 0 Å². The minimum atomic E-state index is -0.163. The van der Waals surface area contributed by atoms with Crippen molar-refractivity contribution in [3.63, 3.8) is 0 Å². The molecule has 0 spiro atoms. The molecule has 0 radical (unpaired) electrons. The number of aromatic nitrogens is 2. The molecule has 2 aliphatic rings. The zero-order chi connectivity index (χ0) is 22.8. The van der Waals surface area contributed by atoms with Crippen LogP contribution in [0.3, 0.4) is 0 Å². The van der Waals surface area contributed by atoms with Crippen LogP contribution in [0.2, 0.25) is 10.0 Å². The number of benzene rings is 1. The first-order valence-corrected chi connectivity index (χ1v) is 11.4. The maximum atomic E-state index is 12.8. The molecule has 3 N–H and O–H groups in total. The van der Waals surface area contributed by atoms with Crippen LogP contribution in [0.5, 0.6) is 5.75 Å². The number of fused-ring (bicyclic) bond motifs is 1. The molecule has 1 aromatic carbocycles. The van der Waals surface area contributed by atoms with Crippen LogP contribution in [0, 0.1) is 0 Å². The predicted molar refractivity (Wildman–Crippen MR) is 126 cm³/mol. The van der Waals surface area contributed by atoms with Crippen LogP contribution in [0.15, 0.2) is 36.7 Å². The number of nitrogens with zero attached hydrogens (tertiary/aromatic N) is 1. The highest BCUT2D eigenvalue weighted by Gasteiger charge is 2.29. The fourth-order valence-corrected chi connectivity index (χ4v) is 4.31. The van der Waals surface area contributed by atoms with Crippen LogP contribution in [0.1, 0.15) is 16.1 Å². The third-order valence-corrected chi connectivity index (χ3v) is 6.36. The molecule has 5 rings (SSSR count). The van der Waals surface area contributed by atoms with E-state index in [0.29, 0.717) is 77.8 Å². The number of H-pyrrole nitrogens is 1. The minimum Gasteiger partial charge on any atom is -0.488 e. The first kappa shape index (κ1) is 22.0. The van der Waals surface area contributed by atoms with E-state index in [9.17, 15) is 4.79 Å². The Labute approximate surface area is 200 Å². The van der Waals surface area contributed by atoms with E-state index in [1.807, 2.05) is 12.1 Å². The molecule has 10 heteroatoms. The van der Waals surface area contributed by atoms with E-state index in [-0.39, 0.29) is 12.0 Å². The van der Waals surface area contributed by atoms with Gasteiger partial charge >= 0.3 is 0 Å². The highest BCUT2D eigenvalue weighted by molar-refractivity contribution is 6.43. The quantitative estimate of drug-likeness (QED) is 0.480. The minimum absolute atomic E-state index is 0.155. The third kappa shape index (κ3) is 4.52. The Morgan fingerprint density at radius 2 is 2.15 bits per heavy atom. The van der Waals surface area contributed by atoms with Crippen LogP contribution in [-0.2, 0) is 15.9 Å². The summed E-state index contributed by atoms with van der Waals surface area (Å²) in [7, 11) is 0. The topological polar surface area (TPSA) is 97.5 Å². The molecule has 1 atom stereocenters. The lowest BCUT2D eigenvalue weighted by molar-refractivity contribution is -0.101. The van der Waals surface area contributed by atoms with Crippen molar-refractivity contribution in [2.45, 2.75) is 12.5 Å². The number of hydrogen-bond donors (Lipinski definition) is 3. The number of ether oxygens (including phenoxy) is 3. The molecule has 0 bridgehead atoms. The van der Waals surface area contributed by atoms with Gasteiger partial charge in [0.1, 0.15) is 18.5 Å². The van der Waals surface area contributed by atoms with Crippen molar-refractivity contribution in [3.8, 4) is 17.0 Å². The van der Waals surface area contributed by atoms with Gasteiger partial charge in [-0.1, -0.05) is 29.3 Å². The molecule has 1 fully saturated rings. The molecule has 2 aromatic heterocycles. The Hall–Kier alpha value is -2.78. The Morgan fingerprint density at radius 1 is 1.24 bits per heavy atom. The molecule has 0 aliphatic carbocycles. The summed E-state index contributed by atoms with van der Waals surface area (Å²) in [6, 6.07) is 7.15. The maximum Gasteiger partial charge on any atom is 0.255 e. The van der Waals surface area contributed by atoms with Crippen molar-refractivity contribution in [1.29, 1.82) is 0 Å². The first-order valence-electron chi connectivity index (χ1n) is 10.6. The number of amides is 1. The molecule has 4 heterocycles. The second-order valence-electron chi connectivity index (χ2n) is 7.71. The molecule has 2 aliphatic heterocycles. The van der Waals surface area contributed by atoms with E-state index >= 15 is 0 Å². The van der Waals surface area contributed by atoms with Gasteiger partial charge in [-0.2, -0.15) is 0 Å². The van der Waals surface area contributed by atoms with E-state index in [1.54, 1.807) is 24.5 Å². The molecule has 1 unspecified atom stereocenters. The molecule has 0 saturated carbocycles. The van der Waals surface area contributed by atoms with Gasteiger partial charge in [0.25, 0.3) is 5.91 Å². The van der Waals surface area contributed by atoms with Gasteiger partial charge in [0.15, 0.2) is 0 Å². The first-order chi connectivity index (χ1) is 16.1. The number of carbonyl (C=O) groups is 1. The summed E-state index contributed by atoms with van der Waals surface area (Å²) in [5, 5.41) is 7.02. The number of anilines is 2. The van der Waals surface area contributed by atoms with Crippen LogP contribution < -0.4 is 15.4 Å². The Morgan fingerprint density at radius 3 is 3.00 bits per heavy atom. The number of pyridine rings is 1. The Bertz CT molecular complexity index is 1180. The fourth-order valence-electron chi connectivity index (χ4n) is 3.96. The lowest BCUT2D eigenvalue weighted by Crippen LogP contribution is -2.33. The lowest BCUT2D eigenvalue weighted by atomic mass is 10.0. The third-order valence-electron chi connectivity index (χ3n) is 5.54. The molecule has 172 valence electrons. The van der Waals surface area contributed by atoms with Gasteiger partial charge in [-0.3, -0.25) is 9.78 Å². The van der Waals surface area contributed by atoms with Crippen molar-refractivity contribution in [2.75, 3.05) is 38.3 Å². The highest BCUT2D eigenvalue weighted by atomic mass is 35.5. The van der Waals surface area contributed by atoms with E-state index in [4.69, 9.17) is 37.4 Å². The summed E-state index contributed by atoms with van der Waals surface area (Å²) >= 11 is 12.6. The maximum absolute atomic E-state index is 12.8. The second-order valence-corrected chi connectivity index (χ2v) is 8.50. The molecule has 1 saturated heterocycles. The summed E-state index contributed by atoms with van der Waals surface area (Å²) in [4.78, 5) is 20.4. The van der Waals surface area contributed by atoms with E-state index in [0.717, 1.165) is 11.3 Å². The molecular weight excluding hydrogens is 467 g/mol. The smallest absolute Gasteiger partial charge is 0.255 e. The van der Waals surface area contributed by atoms with Crippen molar-refractivity contribution in [3.05, 3.63) is 58.0 Å². The molecule has 8 nitrogen and oxygen atoms in total. The van der Waals surface area contributed by atoms with E-state index < -0.39 is 0 Å². The molecule has 33 heavy (non-hydrogen) atoms. The molecular formula is C23H22Cl2N4O4.